The monoisotopic (exact) mass is 272 g/mol. The first-order valence-corrected chi connectivity index (χ1v) is 6.03. The summed E-state index contributed by atoms with van der Waals surface area (Å²) in [5.41, 5.74) is 0.0599. The molecular weight excluding hydrogens is 256 g/mol. The summed E-state index contributed by atoms with van der Waals surface area (Å²) in [6.07, 6.45) is 1.36. The van der Waals surface area contributed by atoms with E-state index < -0.39 is 5.97 Å². The lowest BCUT2D eigenvalue weighted by atomic mass is 10.2. The number of pyridine rings is 1. The fraction of sp³-hybridized carbons (Fsp3) is 0.500. The molecule has 0 aliphatic rings. The van der Waals surface area contributed by atoms with Crippen LogP contribution in [0.15, 0.2) is 12.3 Å². The van der Waals surface area contributed by atoms with Crippen LogP contribution in [-0.2, 0) is 4.74 Å². The molecule has 0 saturated carbocycles. The molecule has 18 heavy (non-hydrogen) atoms. The molecule has 0 aliphatic carbocycles. The van der Waals surface area contributed by atoms with E-state index in [0.29, 0.717) is 19.0 Å². The number of likely N-dealkylation sites (N-methyl/N-ethyl adjacent to an activating group) is 1. The van der Waals surface area contributed by atoms with E-state index in [0.717, 1.165) is 0 Å². The smallest absolute Gasteiger partial charge is 0.337 e. The molecule has 6 heteroatoms. The van der Waals surface area contributed by atoms with Crippen molar-refractivity contribution in [1.82, 2.24) is 4.98 Å². The zero-order valence-corrected chi connectivity index (χ0v) is 11.4. The Balaban J connectivity index is 3.07. The molecule has 1 atom stereocenters. The number of halogens is 1. The van der Waals surface area contributed by atoms with Gasteiger partial charge in [0, 0.05) is 19.9 Å². The van der Waals surface area contributed by atoms with Crippen molar-refractivity contribution in [3.63, 3.8) is 0 Å². The largest absolute Gasteiger partial charge is 0.478 e. The van der Waals surface area contributed by atoms with Gasteiger partial charge in [0.1, 0.15) is 5.82 Å². The normalized spacial score (nSPS) is 12.2. The molecule has 100 valence electrons. The Kier molecular flexibility index (Phi) is 5.37. The standard InChI is InChI=1S/C12H17ClN2O3/c1-4-15(8(2)7-18-3)11-5-9(12(16)17)10(13)6-14-11/h5-6,8H,4,7H2,1-3H3,(H,16,17). The molecule has 5 nitrogen and oxygen atoms in total. The lowest BCUT2D eigenvalue weighted by molar-refractivity contribution is 0.0697. The van der Waals surface area contributed by atoms with Crippen molar-refractivity contribution in [2.24, 2.45) is 0 Å². The van der Waals surface area contributed by atoms with E-state index in [1.165, 1.54) is 12.3 Å². The second-order valence-electron chi connectivity index (χ2n) is 3.92. The summed E-state index contributed by atoms with van der Waals surface area (Å²) >= 11 is 5.79. The average Bonchev–Trinajstić information content (AvgIpc) is 2.32. The number of rotatable bonds is 6. The number of ether oxygens (including phenoxy) is 1. The summed E-state index contributed by atoms with van der Waals surface area (Å²) in [5, 5.41) is 9.17. The van der Waals surface area contributed by atoms with Crippen LogP contribution in [0.1, 0.15) is 24.2 Å². The van der Waals surface area contributed by atoms with Gasteiger partial charge in [-0.2, -0.15) is 0 Å². The van der Waals surface area contributed by atoms with E-state index in [4.69, 9.17) is 21.4 Å². The quantitative estimate of drug-likeness (QED) is 0.861. The Labute approximate surface area is 111 Å². The van der Waals surface area contributed by atoms with E-state index >= 15 is 0 Å². The third-order valence-electron chi connectivity index (χ3n) is 2.65. The Bertz CT molecular complexity index is 426. The number of carbonyl (C=O) groups is 1. The van der Waals surface area contributed by atoms with Crippen LogP contribution < -0.4 is 4.90 Å². The van der Waals surface area contributed by atoms with Crippen molar-refractivity contribution in [3.8, 4) is 0 Å². The number of methoxy groups -OCH3 is 1. The van der Waals surface area contributed by atoms with Crippen LogP contribution >= 0.6 is 11.6 Å². The Morgan fingerprint density at radius 1 is 1.67 bits per heavy atom. The molecule has 0 aromatic carbocycles. The highest BCUT2D eigenvalue weighted by molar-refractivity contribution is 6.33. The number of hydrogen-bond donors (Lipinski definition) is 1. The van der Waals surface area contributed by atoms with Crippen molar-refractivity contribution in [2.75, 3.05) is 25.2 Å². The first-order valence-electron chi connectivity index (χ1n) is 5.65. The van der Waals surface area contributed by atoms with Crippen LogP contribution in [0.25, 0.3) is 0 Å². The highest BCUT2D eigenvalue weighted by atomic mass is 35.5. The van der Waals surface area contributed by atoms with Gasteiger partial charge in [0.05, 0.1) is 23.2 Å². The molecule has 0 bridgehead atoms. The number of aromatic nitrogens is 1. The first-order chi connectivity index (χ1) is 8.51. The summed E-state index contributed by atoms with van der Waals surface area (Å²) < 4.78 is 5.10. The van der Waals surface area contributed by atoms with Crippen LogP contribution in [0.5, 0.6) is 0 Å². The Morgan fingerprint density at radius 2 is 2.33 bits per heavy atom. The van der Waals surface area contributed by atoms with Crippen LogP contribution in [0.3, 0.4) is 0 Å². The summed E-state index contributed by atoms with van der Waals surface area (Å²) in [6, 6.07) is 1.59. The molecule has 1 heterocycles. The predicted octanol–water partition coefficient (Wildman–Crippen LogP) is 2.29. The molecule has 0 saturated heterocycles. The summed E-state index contributed by atoms with van der Waals surface area (Å²) in [5.74, 6) is -0.469. The second kappa shape index (κ2) is 6.56. The maximum absolute atomic E-state index is 11.0. The average molecular weight is 273 g/mol. The van der Waals surface area contributed by atoms with Gasteiger partial charge >= 0.3 is 5.97 Å². The minimum absolute atomic E-state index is 0.0599. The highest BCUT2D eigenvalue weighted by Gasteiger charge is 2.17. The van der Waals surface area contributed by atoms with Gasteiger partial charge in [0.15, 0.2) is 0 Å². The Hall–Kier alpha value is -1.33. The zero-order chi connectivity index (χ0) is 13.7. The van der Waals surface area contributed by atoms with Crippen molar-refractivity contribution in [3.05, 3.63) is 22.8 Å². The van der Waals surface area contributed by atoms with Crippen LogP contribution in [0.4, 0.5) is 5.82 Å². The maximum atomic E-state index is 11.0. The summed E-state index contributed by atoms with van der Waals surface area (Å²) in [6.45, 7) is 5.21. The fourth-order valence-corrected chi connectivity index (χ4v) is 1.96. The highest BCUT2D eigenvalue weighted by Crippen LogP contribution is 2.21. The molecule has 0 radical (unpaired) electrons. The third kappa shape index (κ3) is 3.34. The number of hydrogen-bond acceptors (Lipinski definition) is 4. The van der Waals surface area contributed by atoms with Gasteiger partial charge in [0.2, 0.25) is 0 Å². The molecule has 1 N–H and O–H groups in total. The van der Waals surface area contributed by atoms with E-state index in [1.807, 2.05) is 18.7 Å². The number of carboxylic acid groups (broad SMARTS) is 1. The van der Waals surface area contributed by atoms with E-state index in [2.05, 4.69) is 4.98 Å². The van der Waals surface area contributed by atoms with Gasteiger partial charge in [-0.25, -0.2) is 9.78 Å². The van der Waals surface area contributed by atoms with E-state index in [-0.39, 0.29) is 16.6 Å². The first kappa shape index (κ1) is 14.7. The molecular formula is C12H17ClN2O3. The minimum Gasteiger partial charge on any atom is -0.478 e. The molecule has 0 aliphatic heterocycles. The van der Waals surface area contributed by atoms with Gasteiger partial charge in [-0.1, -0.05) is 11.6 Å². The minimum atomic E-state index is -1.06. The Morgan fingerprint density at radius 3 is 2.83 bits per heavy atom. The van der Waals surface area contributed by atoms with Gasteiger partial charge in [-0.15, -0.1) is 0 Å². The van der Waals surface area contributed by atoms with Gasteiger partial charge in [-0.3, -0.25) is 0 Å². The van der Waals surface area contributed by atoms with E-state index in [1.54, 1.807) is 7.11 Å². The van der Waals surface area contributed by atoms with Gasteiger partial charge in [-0.05, 0) is 19.9 Å². The molecule has 1 aromatic heterocycles. The van der Waals surface area contributed by atoms with E-state index in [9.17, 15) is 4.79 Å². The second-order valence-corrected chi connectivity index (χ2v) is 4.33. The number of carboxylic acids is 1. The number of nitrogens with zero attached hydrogens (tertiary/aromatic N) is 2. The third-order valence-corrected chi connectivity index (χ3v) is 2.95. The van der Waals surface area contributed by atoms with Gasteiger partial charge in [0.25, 0.3) is 0 Å². The molecule has 1 unspecified atom stereocenters. The number of aromatic carboxylic acids is 1. The van der Waals surface area contributed by atoms with Crippen LogP contribution in [0.2, 0.25) is 5.02 Å². The zero-order valence-electron chi connectivity index (χ0n) is 10.7. The SMILES string of the molecule is CCN(c1cc(C(=O)O)c(Cl)cn1)C(C)COC. The molecule has 1 aromatic rings. The van der Waals surface area contributed by atoms with Crippen molar-refractivity contribution in [2.45, 2.75) is 19.9 Å². The number of anilines is 1. The molecule has 0 amide bonds. The molecule has 1 rings (SSSR count). The topological polar surface area (TPSA) is 62.7 Å². The lowest BCUT2D eigenvalue weighted by Gasteiger charge is -2.28. The van der Waals surface area contributed by atoms with Crippen molar-refractivity contribution < 1.29 is 14.6 Å². The molecule has 0 spiro atoms. The fourth-order valence-electron chi connectivity index (χ4n) is 1.78. The van der Waals surface area contributed by atoms with Crippen molar-refractivity contribution in [1.29, 1.82) is 0 Å². The maximum Gasteiger partial charge on any atom is 0.337 e. The lowest BCUT2D eigenvalue weighted by Crippen LogP contribution is -2.36. The predicted molar refractivity (Wildman–Crippen MR) is 70.6 cm³/mol. The van der Waals surface area contributed by atoms with Crippen molar-refractivity contribution >= 4 is 23.4 Å². The van der Waals surface area contributed by atoms with Gasteiger partial charge < -0.3 is 14.7 Å². The summed E-state index contributed by atoms with van der Waals surface area (Å²) in [7, 11) is 1.63. The van der Waals surface area contributed by atoms with Crippen LogP contribution in [0, 0.1) is 0 Å². The summed E-state index contributed by atoms with van der Waals surface area (Å²) in [4.78, 5) is 17.2. The van der Waals surface area contributed by atoms with Crippen LogP contribution in [-0.4, -0.2) is 42.4 Å². The molecule has 0 fully saturated rings.